The molecule has 2 N–H and O–H groups in total. The predicted molar refractivity (Wildman–Crippen MR) is 74.3 cm³/mol. The zero-order valence-electron chi connectivity index (χ0n) is 11.3. The second-order valence-corrected chi connectivity index (χ2v) is 5.31. The molecule has 7 heteroatoms. The first-order valence-electron chi connectivity index (χ1n) is 6.15. The highest BCUT2D eigenvalue weighted by Gasteiger charge is 2.31. The number of hydrogen-bond acceptors (Lipinski definition) is 4. The van der Waals surface area contributed by atoms with Crippen LogP contribution in [0, 0.1) is 0 Å². The van der Waals surface area contributed by atoms with Gasteiger partial charge in [-0.2, -0.15) is 12.6 Å². The number of hydrogen-bond donors (Lipinski definition) is 2. The molecule has 1 aromatic rings. The molecule has 2 atom stereocenters. The summed E-state index contributed by atoms with van der Waals surface area (Å²) in [6, 6.07) is 3.94. The van der Waals surface area contributed by atoms with Crippen molar-refractivity contribution in [2.24, 2.45) is 5.73 Å². The Kier molecular flexibility index (Phi) is 6.01. The number of halogens is 3. The molecule has 0 bridgehead atoms. The molecule has 3 nitrogen and oxygen atoms in total. The third-order valence-electron chi connectivity index (χ3n) is 2.50. The molecule has 0 saturated heterocycles. The normalized spacial score (nSPS) is 14.8. The Balaban J connectivity index is 2.88. The molecule has 0 aliphatic carbocycles. The lowest BCUT2D eigenvalue weighted by molar-refractivity contribution is -0.274. The van der Waals surface area contributed by atoms with E-state index in [9.17, 15) is 13.2 Å². The van der Waals surface area contributed by atoms with Crippen LogP contribution >= 0.6 is 12.6 Å². The second kappa shape index (κ2) is 7.08. The van der Waals surface area contributed by atoms with Crippen molar-refractivity contribution in [3.8, 4) is 11.5 Å². The van der Waals surface area contributed by atoms with Gasteiger partial charge in [-0.15, -0.1) is 13.2 Å². The topological polar surface area (TPSA) is 44.5 Å². The highest BCUT2D eigenvalue weighted by Crippen LogP contribution is 2.34. The molecule has 1 unspecified atom stereocenters. The van der Waals surface area contributed by atoms with E-state index in [-0.39, 0.29) is 17.0 Å². The van der Waals surface area contributed by atoms with E-state index in [0.717, 1.165) is 0 Å². The Bertz CT molecular complexity index is 436. The van der Waals surface area contributed by atoms with Gasteiger partial charge in [0, 0.05) is 22.9 Å². The maximum Gasteiger partial charge on any atom is 0.573 e. The molecule has 0 saturated carbocycles. The first-order chi connectivity index (χ1) is 9.19. The average Bonchev–Trinajstić information content (AvgIpc) is 2.25. The Labute approximate surface area is 121 Å². The van der Waals surface area contributed by atoms with Crippen molar-refractivity contribution in [1.29, 1.82) is 0 Å². The van der Waals surface area contributed by atoms with Gasteiger partial charge < -0.3 is 15.2 Å². The fourth-order valence-corrected chi connectivity index (χ4v) is 1.75. The molecular formula is C13H18F3NO2S. The van der Waals surface area contributed by atoms with Crippen molar-refractivity contribution in [1.82, 2.24) is 0 Å². The van der Waals surface area contributed by atoms with Crippen molar-refractivity contribution >= 4 is 12.6 Å². The number of rotatable bonds is 6. The molecule has 0 amide bonds. The zero-order chi connectivity index (χ0) is 15.3. The zero-order valence-corrected chi connectivity index (χ0v) is 12.2. The monoisotopic (exact) mass is 309 g/mol. The molecule has 0 aromatic heterocycles. The van der Waals surface area contributed by atoms with E-state index in [4.69, 9.17) is 10.5 Å². The molecule has 0 radical (unpaired) electrons. The van der Waals surface area contributed by atoms with Crippen LogP contribution in [0.15, 0.2) is 18.2 Å². The number of alkyl halides is 3. The molecule has 1 rings (SSSR count). The third-order valence-corrected chi connectivity index (χ3v) is 2.78. The van der Waals surface area contributed by atoms with E-state index in [1.807, 2.05) is 6.92 Å². The lowest BCUT2D eigenvalue weighted by Crippen LogP contribution is -2.19. The van der Waals surface area contributed by atoms with Crippen LogP contribution in [0.4, 0.5) is 13.2 Å². The lowest BCUT2D eigenvalue weighted by atomic mass is 10.1. The minimum absolute atomic E-state index is 0.0403. The van der Waals surface area contributed by atoms with E-state index in [1.54, 1.807) is 6.92 Å². The smallest absolute Gasteiger partial charge is 0.493 e. The van der Waals surface area contributed by atoms with Gasteiger partial charge in [0.05, 0.1) is 6.61 Å². The van der Waals surface area contributed by atoms with Crippen molar-refractivity contribution < 1.29 is 22.6 Å². The van der Waals surface area contributed by atoms with Gasteiger partial charge >= 0.3 is 6.36 Å². The molecule has 0 aliphatic heterocycles. The molecule has 20 heavy (non-hydrogen) atoms. The molecular weight excluding hydrogens is 291 g/mol. The van der Waals surface area contributed by atoms with Crippen molar-refractivity contribution in [2.75, 3.05) is 6.61 Å². The van der Waals surface area contributed by atoms with Crippen molar-refractivity contribution in [3.63, 3.8) is 0 Å². The fourth-order valence-electron chi connectivity index (χ4n) is 1.54. The summed E-state index contributed by atoms with van der Waals surface area (Å²) in [6.45, 7) is 3.95. The first-order valence-corrected chi connectivity index (χ1v) is 6.67. The highest BCUT2D eigenvalue weighted by molar-refractivity contribution is 7.80. The van der Waals surface area contributed by atoms with Crippen LogP contribution in [0.3, 0.4) is 0 Å². The van der Waals surface area contributed by atoms with E-state index in [1.165, 1.54) is 18.2 Å². The summed E-state index contributed by atoms with van der Waals surface area (Å²) in [4.78, 5) is 0. The van der Waals surface area contributed by atoms with Crippen LogP contribution in [0.2, 0.25) is 0 Å². The Morgan fingerprint density at radius 2 is 1.95 bits per heavy atom. The molecule has 0 fully saturated rings. The fraction of sp³-hybridized carbons (Fsp3) is 0.538. The van der Waals surface area contributed by atoms with Gasteiger partial charge in [0.1, 0.15) is 11.5 Å². The number of benzene rings is 1. The van der Waals surface area contributed by atoms with Gasteiger partial charge in [-0.25, -0.2) is 0 Å². The van der Waals surface area contributed by atoms with Crippen LogP contribution < -0.4 is 15.2 Å². The number of ether oxygens (including phenoxy) is 2. The maximum absolute atomic E-state index is 12.2. The van der Waals surface area contributed by atoms with E-state index in [0.29, 0.717) is 24.3 Å². The standard InChI is InChI=1S/C13H18F3NO2S/c1-8(17)5-6-18-12-7-10(19-13(14,15)16)3-4-11(12)9(2)20/h3-4,7-9,20H,5-6,17H2,1-2H3/t8?,9-/m0/s1. The van der Waals surface area contributed by atoms with Crippen LogP contribution in [0.1, 0.15) is 31.1 Å². The van der Waals surface area contributed by atoms with Gasteiger partial charge in [-0.05, 0) is 26.3 Å². The minimum Gasteiger partial charge on any atom is -0.493 e. The highest BCUT2D eigenvalue weighted by atomic mass is 32.1. The van der Waals surface area contributed by atoms with Crippen molar-refractivity contribution in [2.45, 2.75) is 37.9 Å². The SMILES string of the molecule is CC(N)CCOc1cc(OC(F)(F)F)ccc1[C@H](C)S. The molecule has 0 aliphatic rings. The van der Waals surface area contributed by atoms with Crippen LogP contribution in [-0.2, 0) is 0 Å². The summed E-state index contributed by atoms with van der Waals surface area (Å²) in [7, 11) is 0. The Hall–Kier alpha value is -1.08. The third kappa shape index (κ3) is 5.92. The van der Waals surface area contributed by atoms with E-state index < -0.39 is 6.36 Å². The summed E-state index contributed by atoms with van der Waals surface area (Å²) in [5.41, 5.74) is 6.30. The van der Waals surface area contributed by atoms with Crippen LogP contribution in [0.5, 0.6) is 11.5 Å². The lowest BCUT2D eigenvalue weighted by Gasteiger charge is -2.16. The summed E-state index contributed by atoms with van der Waals surface area (Å²) in [5.74, 6) is 0.0148. The summed E-state index contributed by atoms with van der Waals surface area (Å²) in [5, 5.41) is -0.166. The predicted octanol–water partition coefficient (Wildman–Crippen LogP) is 3.69. The summed E-state index contributed by atoms with van der Waals surface area (Å²) < 4.78 is 45.9. The van der Waals surface area contributed by atoms with Gasteiger partial charge in [0.15, 0.2) is 0 Å². The van der Waals surface area contributed by atoms with Gasteiger partial charge in [0.25, 0.3) is 0 Å². The van der Waals surface area contributed by atoms with Crippen LogP contribution in [0.25, 0.3) is 0 Å². The molecule has 0 heterocycles. The molecule has 0 spiro atoms. The number of thiol groups is 1. The molecule has 1 aromatic carbocycles. The van der Waals surface area contributed by atoms with Crippen molar-refractivity contribution in [3.05, 3.63) is 23.8 Å². The quantitative estimate of drug-likeness (QED) is 0.788. The van der Waals surface area contributed by atoms with Crippen LogP contribution in [-0.4, -0.2) is 19.0 Å². The summed E-state index contributed by atoms with van der Waals surface area (Å²) in [6.07, 6.45) is -4.12. The Morgan fingerprint density at radius 3 is 2.45 bits per heavy atom. The largest absolute Gasteiger partial charge is 0.573 e. The minimum atomic E-state index is -4.73. The van der Waals surface area contributed by atoms with Gasteiger partial charge in [0.2, 0.25) is 0 Å². The average molecular weight is 309 g/mol. The van der Waals surface area contributed by atoms with Gasteiger partial charge in [-0.3, -0.25) is 0 Å². The van der Waals surface area contributed by atoms with E-state index in [2.05, 4.69) is 17.4 Å². The Morgan fingerprint density at radius 1 is 1.30 bits per heavy atom. The second-order valence-electron chi connectivity index (χ2n) is 4.54. The van der Waals surface area contributed by atoms with Gasteiger partial charge in [-0.1, -0.05) is 6.07 Å². The number of nitrogens with two attached hydrogens (primary N) is 1. The first kappa shape index (κ1) is 17.0. The maximum atomic E-state index is 12.2. The van der Waals surface area contributed by atoms with E-state index >= 15 is 0 Å². The summed E-state index contributed by atoms with van der Waals surface area (Å²) >= 11 is 4.27. The molecule has 114 valence electrons.